The van der Waals surface area contributed by atoms with E-state index < -0.39 is 104 Å². The van der Waals surface area contributed by atoms with Crippen LogP contribution in [-0.2, 0) is 68.9 Å². The number of aliphatic hydroxyl groups excluding tert-OH is 5. The van der Waals surface area contributed by atoms with Crippen molar-refractivity contribution in [1.29, 1.82) is 0 Å². The first-order valence-electron chi connectivity index (χ1n) is 32.5. The second-order valence-electron chi connectivity index (χ2n) is 24.5. The van der Waals surface area contributed by atoms with Gasteiger partial charge in [0.25, 0.3) is 0 Å². The lowest BCUT2D eigenvalue weighted by atomic mass is 9.89. The Hall–Kier alpha value is -6.03. The quantitative estimate of drug-likeness (QED) is 0.0233. The number of aliphatic hydroxyl groups is 5. The van der Waals surface area contributed by atoms with E-state index in [-0.39, 0.29) is 62.5 Å². The zero-order valence-electron chi connectivity index (χ0n) is 53.0. The molecule has 1 saturated heterocycles. The Labute approximate surface area is 523 Å². The number of amides is 6. The summed E-state index contributed by atoms with van der Waals surface area (Å²) in [7, 11) is 1.63. The first-order valence-corrected chi connectivity index (χ1v) is 32.5. The Balaban J connectivity index is 1.14. The van der Waals surface area contributed by atoms with Gasteiger partial charge in [0.2, 0.25) is 11.8 Å². The normalized spacial score (nSPS) is 22.1. The number of aryl methyl sites for hydroxylation is 2. The van der Waals surface area contributed by atoms with Gasteiger partial charge in [0.05, 0.1) is 43.3 Å². The molecule has 5 unspecified atom stereocenters. The van der Waals surface area contributed by atoms with Crippen LogP contribution in [0.1, 0.15) is 179 Å². The molecule has 2 heterocycles. The van der Waals surface area contributed by atoms with Crippen molar-refractivity contribution < 1.29 is 82.8 Å². The Bertz CT molecular complexity index is 2480. The Morgan fingerprint density at radius 2 is 1.45 bits per heavy atom. The SMILES string of the molecule is CCCCCCCCCCCCCC[C@@H](OC(C)=O)[C@@H](O)[C@H](CO[C@H]1OC(CO)[C@H](O)[C@H](O)C1O)NC(=O)OCc1ccc(NC(=O)[C@H](CCCNC(N)=O)CC(=O)[C@@H](NC(=O)OCC2C3CCc4nnn(CCCCC(=O)NC)c4CCC32)C(C)C)cc1. The van der Waals surface area contributed by atoms with E-state index in [0.29, 0.717) is 48.9 Å². The van der Waals surface area contributed by atoms with Crippen LogP contribution in [0.15, 0.2) is 24.3 Å². The molecule has 12 N–H and O–H groups in total. The number of esters is 1. The van der Waals surface area contributed by atoms with Crippen molar-refractivity contribution >= 4 is 47.5 Å². The molecule has 26 heteroatoms. The summed E-state index contributed by atoms with van der Waals surface area (Å²) < 4.78 is 30.0. The standard InChI is InChI=1S/C63H103N9O17/c1-6-7-8-9-10-11-12-13-14-15-16-17-22-51(88-40(4)74)55(77)48(38-85-60-58(80)57(79)56(78)52(35-73)89-60)68-62(83)86-36-41-24-26-43(27-25-41)67-59(81)42(21-20-32-66-61(64)82)34-50(75)54(39(2)3)69-63(84)87-37-46-44-28-30-47-49(31-29-45(44)46)72(71-70-47)33-19-18-23-53(76)65-5/h24-27,39,42,44-46,48,51-52,54-58,60,73,77-80H,6-23,28-38H2,1-5H3,(H,65,76)(H,67,81)(H,68,83)(H,69,84)(H3,64,66,82)/t42-,44?,45?,46?,48+,51-,52?,54+,55+,56+,57+,58?,60+/m1/s1. The fraction of sp³-hybridized carbons (Fsp3) is 0.762. The zero-order valence-corrected chi connectivity index (χ0v) is 53.0. The third-order valence-corrected chi connectivity index (χ3v) is 17.3. The van der Waals surface area contributed by atoms with E-state index in [2.05, 4.69) is 43.8 Å². The Morgan fingerprint density at radius 1 is 0.798 bits per heavy atom. The number of anilines is 1. The van der Waals surface area contributed by atoms with Gasteiger partial charge in [-0.25, -0.2) is 19.1 Å². The van der Waals surface area contributed by atoms with E-state index in [4.69, 9.17) is 29.4 Å². The number of aromatic nitrogens is 3. The second-order valence-corrected chi connectivity index (χ2v) is 24.5. The number of urea groups is 1. The molecule has 2 aliphatic carbocycles. The van der Waals surface area contributed by atoms with Gasteiger partial charge in [-0.2, -0.15) is 0 Å². The van der Waals surface area contributed by atoms with Gasteiger partial charge in [-0.05, 0) is 106 Å². The molecule has 0 spiro atoms. The first kappa shape index (κ1) is 73.7. The molecule has 6 amide bonds. The first-order chi connectivity index (χ1) is 42.7. The summed E-state index contributed by atoms with van der Waals surface area (Å²) in [6.45, 7) is 6.42. The zero-order chi connectivity index (χ0) is 64.8. The van der Waals surface area contributed by atoms with E-state index in [1.54, 1.807) is 45.2 Å². The summed E-state index contributed by atoms with van der Waals surface area (Å²) >= 11 is 0. The molecule has 1 aromatic carbocycles. The lowest BCUT2D eigenvalue weighted by Crippen LogP contribution is -2.60. The van der Waals surface area contributed by atoms with E-state index in [1.165, 1.54) is 51.9 Å². The van der Waals surface area contributed by atoms with Crippen molar-refractivity contribution in [2.24, 2.45) is 35.3 Å². The highest BCUT2D eigenvalue weighted by Gasteiger charge is 2.51. The smallest absolute Gasteiger partial charge is 0.407 e. The average molecular weight is 1260 g/mol. The predicted octanol–water partition coefficient (Wildman–Crippen LogP) is 5.14. The minimum Gasteiger partial charge on any atom is -0.460 e. The number of fused-ring (bicyclic) bond motifs is 2. The van der Waals surface area contributed by atoms with Crippen molar-refractivity contribution in [3.8, 4) is 0 Å². The number of hydrogen-bond donors (Lipinski definition) is 11. The van der Waals surface area contributed by atoms with Crippen LogP contribution in [0.3, 0.4) is 0 Å². The number of nitrogens with two attached hydrogens (primary N) is 1. The highest BCUT2D eigenvalue weighted by atomic mass is 16.7. The van der Waals surface area contributed by atoms with Crippen LogP contribution >= 0.6 is 0 Å². The number of benzene rings is 1. The van der Waals surface area contributed by atoms with Crippen LogP contribution in [0.2, 0.25) is 0 Å². The van der Waals surface area contributed by atoms with E-state index in [1.807, 2.05) is 4.68 Å². The molecule has 1 aromatic heterocycles. The number of nitrogens with one attached hydrogen (secondary N) is 5. The maximum atomic E-state index is 14.0. The minimum atomic E-state index is -1.78. The summed E-state index contributed by atoms with van der Waals surface area (Å²) in [5.41, 5.74) is 8.21. The van der Waals surface area contributed by atoms with Gasteiger partial charge in [-0.1, -0.05) is 109 Å². The lowest BCUT2D eigenvalue weighted by Gasteiger charge is -2.40. The number of primary amides is 1. The summed E-state index contributed by atoms with van der Waals surface area (Å²) in [5.74, 6) is -1.88. The Kier molecular flexibility index (Phi) is 32.5. The number of ether oxygens (including phenoxy) is 5. The van der Waals surface area contributed by atoms with Crippen LogP contribution in [0.25, 0.3) is 0 Å². The molecule has 26 nitrogen and oxygen atoms in total. The van der Waals surface area contributed by atoms with Crippen molar-refractivity contribution in [2.75, 3.05) is 38.7 Å². The van der Waals surface area contributed by atoms with Crippen LogP contribution < -0.4 is 32.3 Å². The van der Waals surface area contributed by atoms with Gasteiger partial charge in [0, 0.05) is 51.5 Å². The molecule has 13 atom stereocenters. The van der Waals surface area contributed by atoms with Crippen LogP contribution in [0, 0.1) is 29.6 Å². The number of alkyl carbamates (subject to hydrolysis) is 2. The molecule has 0 radical (unpaired) electrons. The van der Waals surface area contributed by atoms with Crippen molar-refractivity contribution in [2.45, 2.75) is 244 Å². The predicted molar refractivity (Wildman–Crippen MR) is 327 cm³/mol. The third-order valence-electron chi connectivity index (χ3n) is 17.3. The van der Waals surface area contributed by atoms with Gasteiger partial charge in [-0.3, -0.25) is 19.2 Å². The highest BCUT2D eigenvalue weighted by molar-refractivity contribution is 5.97. The largest absolute Gasteiger partial charge is 0.460 e. The van der Waals surface area contributed by atoms with Gasteiger partial charge in [0.15, 0.2) is 12.1 Å². The van der Waals surface area contributed by atoms with E-state index >= 15 is 0 Å². The fourth-order valence-electron chi connectivity index (χ4n) is 12.0. The Morgan fingerprint density at radius 3 is 2.08 bits per heavy atom. The summed E-state index contributed by atoms with van der Waals surface area (Å²) in [5, 5.41) is 75.0. The summed E-state index contributed by atoms with van der Waals surface area (Å²) in [6, 6.07) is 3.26. The number of carbonyl (C=O) groups is 7. The third kappa shape index (κ3) is 25.3. The van der Waals surface area contributed by atoms with Gasteiger partial charge >= 0.3 is 24.2 Å². The number of hydrogen-bond acceptors (Lipinski definition) is 19. The molecule has 2 aromatic rings. The van der Waals surface area contributed by atoms with Crippen LogP contribution in [0.5, 0.6) is 0 Å². The molecule has 89 heavy (non-hydrogen) atoms. The monoisotopic (exact) mass is 1260 g/mol. The molecular formula is C63H103N9O17. The van der Waals surface area contributed by atoms with E-state index in [0.717, 1.165) is 75.6 Å². The number of carbonyl (C=O) groups excluding carboxylic acids is 7. The van der Waals surface area contributed by atoms with Gasteiger partial charge in [-0.15, -0.1) is 5.10 Å². The molecule has 1 saturated carbocycles. The van der Waals surface area contributed by atoms with Crippen molar-refractivity contribution in [3.05, 3.63) is 41.2 Å². The molecular weight excluding hydrogens is 1150 g/mol. The topological polar surface area (TPSA) is 384 Å². The molecule has 2 fully saturated rings. The van der Waals surface area contributed by atoms with Crippen molar-refractivity contribution in [3.63, 3.8) is 0 Å². The molecule has 0 bridgehead atoms. The van der Waals surface area contributed by atoms with Crippen LogP contribution in [-0.4, -0.2) is 171 Å². The highest BCUT2D eigenvalue weighted by Crippen LogP contribution is 2.53. The van der Waals surface area contributed by atoms with Crippen LogP contribution in [0.4, 0.5) is 20.1 Å². The molecule has 1 aliphatic heterocycles. The number of ketones is 1. The average Bonchev–Trinajstić information content (AvgIpc) is 1.89. The maximum absolute atomic E-state index is 14.0. The molecule has 5 rings (SSSR count). The number of nitrogens with zero attached hydrogens (tertiary/aromatic N) is 3. The second kappa shape index (κ2) is 39.3. The summed E-state index contributed by atoms with van der Waals surface area (Å²) in [4.78, 5) is 90.3. The van der Waals surface area contributed by atoms with E-state index in [9.17, 15) is 59.1 Å². The fourth-order valence-corrected chi connectivity index (χ4v) is 12.0. The summed E-state index contributed by atoms with van der Waals surface area (Å²) in [6.07, 6.45) is 6.50. The molecule has 502 valence electrons. The van der Waals surface area contributed by atoms with Crippen molar-refractivity contribution in [1.82, 2.24) is 36.3 Å². The number of Topliss-reactive ketones (excluding diaryl/α,β-unsaturated/α-hetero) is 1. The minimum absolute atomic E-state index is 0.0116. The number of rotatable bonds is 41. The van der Waals surface area contributed by atoms with Gasteiger partial charge < -0.3 is 81.5 Å². The molecule has 3 aliphatic rings. The lowest BCUT2D eigenvalue weighted by molar-refractivity contribution is -0.303. The maximum Gasteiger partial charge on any atom is 0.407 e. The van der Waals surface area contributed by atoms with Gasteiger partial charge in [0.1, 0.15) is 43.2 Å². The number of unbranched alkanes of at least 4 members (excludes halogenated alkanes) is 12.